The molecule has 5 N–H and O–H groups in total. The third kappa shape index (κ3) is 13.9. The first-order chi connectivity index (χ1) is 24.3. The number of carboxylic acid groups (broad SMARTS) is 2. The van der Waals surface area contributed by atoms with Gasteiger partial charge in [-0.2, -0.15) is 9.65 Å². The molecule has 24 nitrogen and oxygen atoms in total. The minimum Gasteiger partial charge on any atom is -0.479 e. The molecular formula is C27H24FN9O15. The predicted octanol–water partition coefficient (Wildman–Crippen LogP) is 1.82. The van der Waals surface area contributed by atoms with Crippen LogP contribution >= 0.6 is 0 Å². The molecule has 4 aromatic rings. The van der Waals surface area contributed by atoms with Gasteiger partial charge in [-0.25, -0.2) is 19.6 Å². The Bertz CT molecular complexity index is 1980. The molecule has 0 aliphatic heterocycles. The van der Waals surface area contributed by atoms with Gasteiger partial charge in [0.1, 0.15) is 11.8 Å². The number of ketones is 1. The van der Waals surface area contributed by atoms with Crippen molar-refractivity contribution >= 4 is 40.5 Å². The van der Waals surface area contributed by atoms with E-state index in [1.165, 1.54) is 48.7 Å². The van der Waals surface area contributed by atoms with E-state index in [0.717, 1.165) is 18.2 Å². The average Bonchev–Trinajstić information content (AvgIpc) is 3.77. The summed E-state index contributed by atoms with van der Waals surface area (Å²) in [7, 11) is 0. The number of nitriles is 1. The summed E-state index contributed by atoms with van der Waals surface area (Å²) in [6.45, 7) is 1.22. The summed E-state index contributed by atoms with van der Waals surface area (Å²) < 4.78 is 13.8. The number of imidazole rings is 2. The van der Waals surface area contributed by atoms with Crippen molar-refractivity contribution in [2.45, 2.75) is 32.0 Å². The molecule has 2 aromatic carbocycles. The predicted molar refractivity (Wildman–Crippen MR) is 166 cm³/mol. The zero-order valence-electron chi connectivity index (χ0n) is 26.1. The van der Waals surface area contributed by atoms with Gasteiger partial charge in [0, 0.05) is 50.0 Å². The number of H-pyrrole nitrogens is 1. The molecule has 0 spiro atoms. The second-order valence-corrected chi connectivity index (χ2v) is 9.47. The van der Waals surface area contributed by atoms with Gasteiger partial charge in [0.2, 0.25) is 11.6 Å². The van der Waals surface area contributed by atoms with Gasteiger partial charge in [0.15, 0.2) is 12.2 Å². The zero-order valence-corrected chi connectivity index (χ0v) is 26.1. The van der Waals surface area contributed by atoms with Crippen molar-refractivity contribution in [3.05, 3.63) is 119 Å². The molecule has 0 unspecified atom stereocenters. The Balaban J connectivity index is 0.000000394. The summed E-state index contributed by atoms with van der Waals surface area (Å²) in [6, 6.07) is 6.64. The normalized spacial score (nSPS) is 10.9. The minimum atomic E-state index is -1.65. The second-order valence-electron chi connectivity index (χ2n) is 9.47. The zero-order chi connectivity index (χ0) is 39.7. The van der Waals surface area contributed by atoms with Crippen LogP contribution in [0.2, 0.25) is 0 Å². The summed E-state index contributed by atoms with van der Waals surface area (Å²) >= 11 is 0. The molecule has 4 rings (SSSR count). The number of carboxylic acids is 2. The minimum absolute atomic E-state index is 0.0316. The lowest BCUT2D eigenvalue weighted by atomic mass is 10.2. The monoisotopic (exact) mass is 733 g/mol. The maximum absolute atomic E-state index is 12.6. The Morgan fingerprint density at radius 3 is 1.83 bits per heavy atom. The SMILES string of the molecule is CC(=O)C#N.O=C(O)[C@@H](O)Cc1cn(-c2ccc([N+](=O)[O-])cc2[N+](=O)[O-])cn1.O=C(O)[C@@H](O)Cc1cnc[nH]1.O=[N+]([O-])c1ccc(F)c([N+](=O)[O-])c1. The standard InChI is InChI=1S/C12H10N4O7.C6H3FN2O4.C6H8N2O3.C3H3NO/c17-11(12(18)19)3-7-5-14(6-13-7)9-2-1-8(15(20)21)4-10(9)16(22)23;7-5-2-1-4(8(10)11)3-6(5)9(12)13;9-5(6(10)11)1-4-2-7-3-8-4;1-3(5)2-4/h1-2,4-6,11,17H,3H2,(H,18,19);1-3H;2-3,5,9H,1H2,(H,7,8)(H,10,11);1H3/t11-;;5-;/m0.0./s1. The van der Waals surface area contributed by atoms with Crippen molar-refractivity contribution in [2.75, 3.05) is 0 Å². The van der Waals surface area contributed by atoms with E-state index >= 15 is 0 Å². The summed E-state index contributed by atoms with van der Waals surface area (Å²) in [4.78, 5) is 79.1. The van der Waals surface area contributed by atoms with Gasteiger partial charge in [-0.3, -0.25) is 49.8 Å². The van der Waals surface area contributed by atoms with Crippen LogP contribution in [-0.4, -0.2) is 89.6 Å². The Morgan fingerprint density at radius 2 is 1.38 bits per heavy atom. The number of aromatic nitrogens is 4. The van der Waals surface area contributed by atoms with Crippen LogP contribution in [0.3, 0.4) is 0 Å². The molecule has 0 saturated heterocycles. The lowest BCUT2D eigenvalue weighted by Gasteiger charge is -2.04. The Hall–Kier alpha value is -7.59. The molecular weight excluding hydrogens is 709 g/mol. The Kier molecular flexibility index (Phi) is 16.4. The molecule has 0 radical (unpaired) electrons. The van der Waals surface area contributed by atoms with Gasteiger partial charge >= 0.3 is 17.6 Å². The maximum atomic E-state index is 12.6. The van der Waals surface area contributed by atoms with Crippen molar-refractivity contribution < 1.29 is 58.9 Å². The molecule has 25 heteroatoms. The summed E-state index contributed by atoms with van der Waals surface area (Å²) in [5.41, 5.74) is -1.48. The number of carbonyl (C=O) groups excluding carboxylic acids is 1. The molecule has 274 valence electrons. The third-order valence-electron chi connectivity index (χ3n) is 5.72. The lowest BCUT2D eigenvalue weighted by molar-refractivity contribution is -0.395. The van der Waals surface area contributed by atoms with Crippen LogP contribution in [-0.2, 0) is 27.2 Å². The fraction of sp³-hybridized carbons (Fsp3) is 0.185. The maximum Gasteiger partial charge on any atom is 0.332 e. The van der Waals surface area contributed by atoms with E-state index in [1.807, 2.05) is 0 Å². The number of non-ortho nitro benzene ring substituents is 2. The number of nitrogens with one attached hydrogen (secondary N) is 1. The molecule has 2 atom stereocenters. The van der Waals surface area contributed by atoms with Crippen molar-refractivity contribution in [2.24, 2.45) is 0 Å². The number of hydrogen-bond acceptors (Lipinski definition) is 16. The molecule has 0 saturated carbocycles. The second kappa shape index (κ2) is 20.0. The Labute approximate surface area is 287 Å². The van der Waals surface area contributed by atoms with Crippen molar-refractivity contribution in [1.82, 2.24) is 19.5 Å². The fourth-order valence-electron chi connectivity index (χ4n) is 3.32. The van der Waals surface area contributed by atoms with Gasteiger partial charge in [-0.1, -0.05) is 0 Å². The van der Waals surface area contributed by atoms with E-state index < -0.39 is 78.2 Å². The number of halogens is 1. The Morgan fingerprint density at radius 1 is 0.885 bits per heavy atom. The number of Topliss-reactive ketones (excluding diaryl/α,β-unsaturated/α-hetero) is 1. The van der Waals surface area contributed by atoms with Crippen LogP contribution in [0.25, 0.3) is 5.69 Å². The molecule has 52 heavy (non-hydrogen) atoms. The van der Waals surface area contributed by atoms with Crippen LogP contribution < -0.4 is 0 Å². The van der Waals surface area contributed by atoms with Gasteiger partial charge in [-0.15, -0.1) is 0 Å². The number of nitro groups is 4. The number of benzene rings is 2. The number of rotatable bonds is 11. The van der Waals surface area contributed by atoms with E-state index in [2.05, 4.69) is 15.0 Å². The van der Waals surface area contributed by atoms with Crippen molar-refractivity contribution in [3.63, 3.8) is 0 Å². The average molecular weight is 734 g/mol. The van der Waals surface area contributed by atoms with E-state index in [0.29, 0.717) is 17.8 Å². The topological polar surface area (TPSA) is 375 Å². The van der Waals surface area contributed by atoms with Gasteiger partial charge in [-0.05, 0) is 12.1 Å². The van der Waals surface area contributed by atoms with Crippen LogP contribution in [0.15, 0.2) is 61.4 Å². The molecule has 2 aromatic heterocycles. The highest BCUT2D eigenvalue weighted by Crippen LogP contribution is 2.28. The first-order valence-corrected chi connectivity index (χ1v) is 13.5. The van der Waals surface area contributed by atoms with Crippen LogP contribution in [0.5, 0.6) is 0 Å². The summed E-state index contributed by atoms with van der Waals surface area (Å²) in [5.74, 6) is -4.17. The highest BCUT2D eigenvalue weighted by Gasteiger charge is 2.22. The number of nitrogens with zero attached hydrogens (tertiary/aromatic N) is 8. The first kappa shape index (κ1) is 42.4. The number of carbonyl (C=O) groups is 3. The quantitative estimate of drug-likeness (QED) is 0.0833. The summed E-state index contributed by atoms with van der Waals surface area (Å²) in [6.07, 6.45) is 2.20. The molecule has 0 amide bonds. The lowest BCUT2D eigenvalue weighted by Crippen LogP contribution is -2.22. The number of aliphatic carboxylic acids is 2. The van der Waals surface area contributed by atoms with Gasteiger partial charge < -0.3 is 25.4 Å². The van der Waals surface area contributed by atoms with Gasteiger partial charge in [0.25, 0.3) is 17.1 Å². The first-order valence-electron chi connectivity index (χ1n) is 13.5. The van der Waals surface area contributed by atoms with E-state index in [4.69, 9.17) is 20.6 Å². The van der Waals surface area contributed by atoms with Crippen molar-refractivity contribution in [3.8, 4) is 11.8 Å². The van der Waals surface area contributed by atoms with E-state index in [9.17, 15) is 64.3 Å². The van der Waals surface area contributed by atoms with Crippen LogP contribution in [0.4, 0.5) is 27.1 Å². The molecule has 0 aliphatic rings. The number of hydrogen-bond donors (Lipinski definition) is 5. The fourth-order valence-corrected chi connectivity index (χ4v) is 3.32. The highest BCUT2D eigenvalue weighted by molar-refractivity contribution is 5.90. The number of aliphatic hydroxyl groups excluding tert-OH is 2. The van der Waals surface area contributed by atoms with E-state index in [-0.39, 0.29) is 24.2 Å². The van der Waals surface area contributed by atoms with Crippen LogP contribution in [0, 0.1) is 57.6 Å². The summed E-state index contributed by atoms with van der Waals surface area (Å²) in [5, 5.41) is 84.6. The largest absolute Gasteiger partial charge is 0.479 e. The molecule has 0 fully saturated rings. The highest BCUT2D eigenvalue weighted by atomic mass is 19.1. The molecule has 0 aliphatic carbocycles. The number of aliphatic hydroxyl groups is 2. The molecule has 0 bridgehead atoms. The van der Waals surface area contributed by atoms with E-state index in [1.54, 1.807) is 0 Å². The number of aromatic amines is 1. The van der Waals surface area contributed by atoms with Gasteiger partial charge in [0.05, 0.1) is 50.2 Å². The number of nitro benzene ring substituents is 4. The van der Waals surface area contributed by atoms with Crippen molar-refractivity contribution in [1.29, 1.82) is 5.26 Å². The van der Waals surface area contributed by atoms with Crippen LogP contribution in [0.1, 0.15) is 18.3 Å². The smallest absolute Gasteiger partial charge is 0.332 e. The third-order valence-corrected chi connectivity index (χ3v) is 5.72. The molecule has 2 heterocycles.